The highest BCUT2D eigenvalue weighted by Gasteiger charge is 2.43. The summed E-state index contributed by atoms with van der Waals surface area (Å²) in [5.41, 5.74) is 2.42. The highest BCUT2D eigenvalue weighted by molar-refractivity contribution is 6.00. The van der Waals surface area contributed by atoms with E-state index in [4.69, 9.17) is 0 Å². The van der Waals surface area contributed by atoms with Gasteiger partial charge in [-0.25, -0.2) is 13.5 Å². The maximum Gasteiger partial charge on any atom is 0.453 e. The maximum atomic E-state index is 14.0. The first-order valence-electron chi connectivity index (χ1n) is 10.2. The van der Waals surface area contributed by atoms with Crippen LogP contribution < -0.4 is 5.32 Å². The summed E-state index contributed by atoms with van der Waals surface area (Å²) >= 11 is 0. The van der Waals surface area contributed by atoms with Crippen LogP contribution in [0, 0.1) is 18.6 Å². The van der Waals surface area contributed by atoms with E-state index in [-0.39, 0.29) is 35.2 Å². The number of hydrogen-bond donors (Lipinski definition) is 1. The molecule has 2 atom stereocenters. The van der Waals surface area contributed by atoms with E-state index in [1.807, 2.05) is 31.2 Å². The van der Waals surface area contributed by atoms with Crippen LogP contribution in [0.3, 0.4) is 0 Å². The molecule has 1 aromatic heterocycles. The Kier molecular flexibility index (Phi) is 4.84. The summed E-state index contributed by atoms with van der Waals surface area (Å²) < 4.78 is 68.9. The fourth-order valence-corrected chi connectivity index (χ4v) is 4.53. The molecule has 10 heteroatoms. The van der Waals surface area contributed by atoms with Crippen molar-refractivity contribution in [3.63, 3.8) is 0 Å². The monoisotopic (exact) mass is 460 g/mol. The zero-order valence-electron chi connectivity index (χ0n) is 17.3. The fraction of sp³-hybridized carbons (Fsp3) is 0.261. The number of halogens is 5. The second-order valence-corrected chi connectivity index (χ2v) is 8.27. The average Bonchev–Trinajstić information content (AvgIpc) is 3.15. The lowest BCUT2D eigenvalue weighted by molar-refractivity contribution is -0.145. The van der Waals surface area contributed by atoms with Crippen LogP contribution in [-0.4, -0.2) is 20.5 Å². The summed E-state index contributed by atoms with van der Waals surface area (Å²) in [6, 6.07) is 9.03. The molecule has 0 spiro atoms. The number of benzene rings is 2. The molecule has 2 heterocycles. The maximum absolute atomic E-state index is 14.0. The van der Waals surface area contributed by atoms with E-state index in [9.17, 15) is 26.7 Å². The second-order valence-electron chi connectivity index (χ2n) is 8.27. The molecule has 5 nitrogen and oxygen atoms in total. The van der Waals surface area contributed by atoms with E-state index < -0.39 is 29.7 Å². The predicted molar refractivity (Wildman–Crippen MR) is 108 cm³/mol. The molecule has 1 aliphatic heterocycles. The van der Waals surface area contributed by atoms with Crippen molar-refractivity contribution in [1.82, 2.24) is 14.8 Å². The van der Waals surface area contributed by atoms with E-state index in [0.717, 1.165) is 27.9 Å². The van der Waals surface area contributed by atoms with Gasteiger partial charge in [-0.05, 0) is 42.5 Å². The van der Waals surface area contributed by atoms with Gasteiger partial charge in [0.15, 0.2) is 5.78 Å². The Morgan fingerprint density at radius 2 is 1.76 bits per heavy atom. The van der Waals surface area contributed by atoms with Gasteiger partial charge in [-0.15, -0.1) is 5.10 Å². The summed E-state index contributed by atoms with van der Waals surface area (Å²) in [5.74, 6) is -4.01. The summed E-state index contributed by atoms with van der Waals surface area (Å²) in [5, 5.41) is 6.37. The standard InChI is InChI=1S/C23H17F5N4O/c1-11-3-2-4-12(5-11)13-8-17-19(18(33)9-13)20(14-6-15(24)10-16(25)7-14)32-22(29-17)30-21(31-32)23(26,27)28/h2-7,10,13,20H,8-9H2,1H3,(H,29,30,31). The molecule has 170 valence electrons. The average molecular weight is 460 g/mol. The first kappa shape index (κ1) is 21.3. The molecule has 0 bridgehead atoms. The number of anilines is 1. The third-order valence-electron chi connectivity index (χ3n) is 5.89. The summed E-state index contributed by atoms with van der Waals surface area (Å²) in [7, 11) is 0. The quantitative estimate of drug-likeness (QED) is 0.528. The van der Waals surface area contributed by atoms with E-state index in [0.29, 0.717) is 18.2 Å². The van der Waals surface area contributed by atoms with Crippen LogP contribution >= 0.6 is 0 Å². The van der Waals surface area contributed by atoms with E-state index in [1.165, 1.54) is 0 Å². The number of nitrogens with zero attached hydrogens (tertiary/aromatic N) is 3. The summed E-state index contributed by atoms with van der Waals surface area (Å²) in [6.07, 6.45) is -4.40. The molecular formula is C23H17F5N4O. The van der Waals surface area contributed by atoms with Crippen molar-refractivity contribution in [3.8, 4) is 0 Å². The van der Waals surface area contributed by atoms with Gasteiger partial charge in [-0.3, -0.25) is 4.79 Å². The molecular weight excluding hydrogens is 443 g/mol. The Bertz CT molecular complexity index is 1290. The molecule has 0 fully saturated rings. The molecule has 2 aromatic carbocycles. The molecule has 1 N–H and O–H groups in total. The minimum atomic E-state index is -4.83. The number of ketones is 1. The van der Waals surface area contributed by atoms with Crippen molar-refractivity contribution < 1.29 is 26.7 Å². The van der Waals surface area contributed by atoms with Crippen LogP contribution in [0.1, 0.15) is 47.3 Å². The largest absolute Gasteiger partial charge is 0.453 e. The van der Waals surface area contributed by atoms with Gasteiger partial charge in [0.25, 0.3) is 5.82 Å². The zero-order valence-corrected chi connectivity index (χ0v) is 17.3. The number of aromatic nitrogens is 3. The molecule has 2 unspecified atom stereocenters. The molecule has 0 amide bonds. The topological polar surface area (TPSA) is 59.8 Å². The molecule has 5 rings (SSSR count). The third-order valence-corrected chi connectivity index (χ3v) is 5.89. The lowest BCUT2D eigenvalue weighted by atomic mass is 9.77. The van der Waals surface area contributed by atoms with E-state index in [1.54, 1.807) is 0 Å². The van der Waals surface area contributed by atoms with Crippen LogP contribution in [0.5, 0.6) is 0 Å². The van der Waals surface area contributed by atoms with Crippen molar-refractivity contribution in [1.29, 1.82) is 0 Å². The number of hydrogen-bond acceptors (Lipinski definition) is 4. The number of alkyl halides is 3. The van der Waals surface area contributed by atoms with Gasteiger partial charge in [0.2, 0.25) is 5.95 Å². The minimum Gasteiger partial charge on any atom is -0.328 e. The summed E-state index contributed by atoms with van der Waals surface area (Å²) in [4.78, 5) is 16.8. The highest BCUT2D eigenvalue weighted by atomic mass is 19.4. The minimum absolute atomic E-state index is 0.0243. The fourth-order valence-electron chi connectivity index (χ4n) is 4.53. The third kappa shape index (κ3) is 3.79. The number of allylic oxidation sites excluding steroid dienone is 2. The van der Waals surface area contributed by atoms with Gasteiger partial charge in [-0.2, -0.15) is 18.2 Å². The highest BCUT2D eigenvalue weighted by Crippen LogP contribution is 2.45. The van der Waals surface area contributed by atoms with Crippen molar-refractivity contribution in [2.45, 2.75) is 37.9 Å². The van der Waals surface area contributed by atoms with Crippen LogP contribution in [0.2, 0.25) is 0 Å². The first-order valence-corrected chi connectivity index (χ1v) is 10.2. The van der Waals surface area contributed by atoms with Gasteiger partial charge in [0, 0.05) is 23.8 Å². The predicted octanol–water partition coefficient (Wildman–Crippen LogP) is 5.30. The smallest absolute Gasteiger partial charge is 0.328 e. The number of rotatable bonds is 2. The lowest BCUT2D eigenvalue weighted by Gasteiger charge is -2.35. The van der Waals surface area contributed by atoms with Crippen molar-refractivity contribution in [2.75, 3.05) is 5.32 Å². The molecule has 3 aromatic rings. The first-order chi connectivity index (χ1) is 15.6. The number of carbonyl (C=O) groups excluding carboxylic acids is 1. The summed E-state index contributed by atoms with van der Waals surface area (Å²) in [6.45, 7) is 1.92. The van der Waals surface area contributed by atoms with Gasteiger partial charge >= 0.3 is 6.18 Å². The number of nitrogens with one attached hydrogen (secondary N) is 1. The second kappa shape index (κ2) is 7.50. The Morgan fingerprint density at radius 3 is 2.42 bits per heavy atom. The number of aryl methyl sites for hydroxylation is 1. The van der Waals surface area contributed by atoms with Crippen LogP contribution in [0.15, 0.2) is 53.7 Å². The van der Waals surface area contributed by atoms with E-state index in [2.05, 4.69) is 15.4 Å². The molecule has 0 saturated carbocycles. The van der Waals surface area contributed by atoms with Crippen LogP contribution in [0.4, 0.5) is 27.9 Å². The van der Waals surface area contributed by atoms with Gasteiger partial charge in [0.05, 0.1) is 0 Å². The zero-order chi connectivity index (χ0) is 23.5. The molecule has 33 heavy (non-hydrogen) atoms. The Labute approximate surface area is 184 Å². The SMILES string of the molecule is Cc1cccc(C2CC(=O)C3=C(C2)Nc2nc(C(F)(F)F)nn2C3c2cc(F)cc(F)c2)c1. The number of carbonyl (C=O) groups is 1. The molecule has 2 aliphatic rings. The van der Waals surface area contributed by atoms with Crippen LogP contribution in [-0.2, 0) is 11.0 Å². The van der Waals surface area contributed by atoms with E-state index >= 15 is 0 Å². The molecule has 0 radical (unpaired) electrons. The molecule has 0 saturated heterocycles. The lowest BCUT2D eigenvalue weighted by Crippen LogP contribution is -2.33. The number of fused-ring (bicyclic) bond motifs is 1. The number of Topliss-reactive ketones (excluding diaryl/α,β-unsaturated/α-hetero) is 1. The normalized spacial score (nSPS) is 20.4. The van der Waals surface area contributed by atoms with Crippen molar-refractivity contribution in [3.05, 3.63) is 87.9 Å². The van der Waals surface area contributed by atoms with Gasteiger partial charge in [-0.1, -0.05) is 29.8 Å². The van der Waals surface area contributed by atoms with Gasteiger partial charge < -0.3 is 5.32 Å². The molecule has 1 aliphatic carbocycles. The van der Waals surface area contributed by atoms with Crippen molar-refractivity contribution in [2.24, 2.45) is 0 Å². The van der Waals surface area contributed by atoms with Gasteiger partial charge in [0.1, 0.15) is 17.7 Å². The van der Waals surface area contributed by atoms with Crippen LogP contribution in [0.25, 0.3) is 0 Å². The Morgan fingerprint density at radius 1 is 1.03 bits per heavy atom. The Balaban J connectivity index is 1.65. The Hall–Kier alpha value is -3.56. The van der Waals surface area contributed by atoms with Crippen molar-refractivity contribution >= 4 is 11.7 Å².